The molecule has 0 fully saturated rings. The van der Waals surface area contributed by atoms with Crippen molar-refractivity contribution in [2.24, 2.45) is 0 Å². The van der Waals surface area contributed by atoms with Crippen LogP contribution in [-0.2, 0) is 5.33 Å². The molecule has 0 spiro atoms. The van der Waals surface area contributed by atoms with Crippen LogP contribution in [0, 0.1) is 5.82 Å². The molecule has 2 nitrogen and oxygen atoms in total. The van der Waals surface area contributed by atoms with Crippen LogP contribution in [0.4, 0.5) is 13.2 Å². The fourth-order valence-electron chi connectivity index (χ4n) is 1.37. The fourth-order valence-corrected chi connectivity index (χ4v) is 1.63. The molecule has 0 radical (unpaired) electrons. The summed E-state index contributed by atoms with van der Waals surface area (Å²) in [6, 6.07) is 2.07. The van der Waals surface area contributed by atoms with Crippen molar-refractivity contribution in [1.82, 2.24) is 9.97 Å². The van der Waals surface area contributed by atoms with Gasteiger partial charge in [0.05, 0.1) is 5.33 Å². The number of hydrogen-bond donors (Lipinski definition) is 1. The monoisotopic (exact) mass is 278 g/mol. The van der Waals surface area contributed by atoms with Gasteiger partial charge in [-0.1, -0.05) is 15.9 Å². The highest BCUT2D eigenvalue weighted by Gasteiger charge is 2.17. The maximum Gasteiger partial charge on any atom is 0.266 e. The summed E-state index contributed by atoms with van der Waals surface area (Å²) in [5, 5.41) is 0.365. The van der Waals surface area contributed by atoms with Crippen LogP contribution in [0.3, 0.4) is 0 Å². The van der Waals surface area contributed by atoms with Crippen molar-refractivity contribution in [2.45, 2.75) is 11.8 Å². The van der Waals surface area contributed by atoms with Crippen molar-refractivity contribution in [3.05, 3.63) is 29.3 Å². The number of nitrogens with zero attached hydrogens (tertiary/aromatic N) is 1. The molecule has 0 saturated carbocycles. The molecule has 1 heterocycles. The molecule has 0 aliphatic heterocycles. The first kappa shape index (κ1) is 10.5. The first-order valence-electron chi connectivity index (χ1n) is 4.14. The Balaban J connectivity index is 2.74. The molecular formula is C9H6BrF3N2. The molecular weight excluding hydrogens is 273 g/mol. The quantitative estimate of drug-likeness (QED) is 0.837. The largest absolute Gasteiger partial charge is 0.339 e. The van der Waals surface area contributed by atoms with Gasteiger partial charge in [-0.25, -0.2) is 18.2 Å². The van der Waals surface area contributed by atoms with Gasteiger partial charge in [0, 0.05) is 5.56 Å². The molecule has 0 aliphatic rings. The van der Waals surface area contributed by atoms with E-state index in [0.29, 0.717) is 11.2 Å². The standard InChI is InChI=1S/C9H6BrF3N2/c10-3-6-14-7-4(9(12)13)1-2-5(11)8(7)15-6/h1-2,9H,3H2,(H,14,15). The van der Waals surface area contributed by atoms with E-state index in [1.54, 1.807) is 0 Å². The van der Waals surface area contributed by atoms with Crippen LogP contribution in [0.25, 0.3) is 11.0 Å². The normalized spacial score (nSPS) is 11.5. The number of H-pyrrole nitrogens is 1. The number of nitrogens with one attached hydrogen (secondary N) is 1. The molecule has 2 rings (SSSR count). The summed E-state index contributed by atoms with van der Waals surface area (Å²) in [7, 11) is 0. The smallest absolute Gasteiger partial charge is 0.266 e. The Bertz CT molecular complexity index is 495. The Labute approximate surface area is 91.6 Å². The molecule has 0 amide bonds. The van der Waals surface area contributed by atoms with Gasteiger partial charge in [0.2, 0.25) is 0 Å². The second kappa shape index (κ2) is 3.84. The zero-order valence-corrected chi connectivity index (χ0v) is 8.98. The van der Waals surface area contributed by atoms with Gasteiger partial charge in [0.15, 0.2) is 0 Å². The highest BCUT2D eigenvalue weighted by Crippen LogP contribution is 2.28. The van der Waals surface area contributed by atoms with Gasteiger partial charge < -0.3 is 4.98 Å². The summed E-state index contributed by atoms with van der Waals surface area (Å²) in [6.45, 7) is 0. The molecule has 2 aromatic rings. The van der Waals surface area contributed by atoms with Crippen LogP contribution in [0.5, 0.6) is 0 Å². The van der Waals surface area contributed by atoms with E-state index in [-0.39, 0.29) is 16.6 Å². The summed E-state index contributed by atoms with van der Waals surface area (Å²) in [5.74, 6) is -0.147. The Morgan fingerprint density at radius 1 is 1.40 bits per heavy atom. The van der Waals surface area contributed by atoms with Crippen molar-refractivity contribution in [1.29, 1.82) is 0 Å². The van der Waals surface area contributed by atoms with E-state index < -0.39 is 12.2 Å². The number of halogens is 4. The fraction of sp³-hybridized carbons (Fsp3) is 0.222. The second-order valence-corrected chi connectivity index (χ2v) is 3.54. The van der Waals surface area contributed by atoms with Gasteiger partial charge in [0.25, 0.3) is 6.43 Å². The lowest BCUT2D eigenvalue weighted by Gasteiger charge is -2.00. The highest BCUT2D eigenvalue weighted by atomic mass is 79.9. The van der Waals surface area contributed by atoms with Crippen LogP contribution < -0.4 is 0 Å². The second-order valence-electron chi connectivity index (χ2n) is 2.98. The molecule has 0 atom stereocenters. The Kier molecular flexibility index (Phi) is 2.68. The molecule has 0 saturated heterocycles. The Morgan fingerprint density at radius 3 is 2.73 bits per heavy atom. The van der Waals surface area contributed by atoms with Gasteiger partial charge in [-0.05, 0) is 12.1 Å². The van der Waals surface area contributed by atoms with Crippen molar-refractivity contribution in [2.75, 3.05) is 0 Å². The van der Waals surface area contributed by atoms with Crippen molar-refractivity contribution in [3.8, 4) is 0 Å². The predicted molar refractivity (Wildman–Crippen MR) is 53.6 cm³/mol. The predicted octanol–water partition coefficient (Wildman–Crippen LogP) is 3.53. The summed E-state index contributed by atoms with van der Waals surface area (Å²) in [5.41, 5.74) is -0.225. The Hall–Kier alpha value is -1.04. The summed E-state index contributed by atoms with van der Waals surface area (Å²) >= 11 is 3.12. The minimum absolute atomic E-state index is 0.000509. The zero-order chi connectivity index (χ0) is 11.0. The zero-order valence-electron chi connectivity index (χ0n) is 7.40. The van der Waals surface area contributed by atoms with E-state index in [2.05, 4.69) is 25.9 Å². The van der Waals surface area contributed by atoms with Crippen LogP contribution in [-0.4, -0.2) is 9.97 Å². The summed E-state index contributed by atoms with van der Waals surface area (Å²) in [6.07, 6.45) is -2.65. The van der Waals surface area contributed by atoms with Crippen LogP contribution in [0.15, 0.2) is 12.1 Å². The van der Waals surface area contributed by atoms with Gasteiger partial charge in [-0.15, -0.1) is 0 Å². The number of aromatic nitrogens is 2. The molecule has 1 aromatic carbocycles. The summed E-state index contributed by atoms with van der Waals surface area (Å²) < 4.78 is 38.4. The number of benzene rings is 1. The average Bonchev–Trinajstić information content (AvgIpc) is 2.62. The average molecular weight is 279 g/mol. The first-order valence-corrected chi connectivity index (χ1v) is 5.26. The van der Waals surface area contributed by atoms with Crippen molar-refractivity contribution in [3.63, 3.8) is 0 Å². The van der Waals surface area contributed by atoms with E-state index in [0.717, 1.165) is 12.1 Å². The van der Waals surface area contributed by atoms with Gasteiger partial charge in [-0.2, -0.15) is 0 Å². The molecule has 6 heteroatoms. The number of rotatable bonds is 2. The van der Waals surface area contributed by atoms with Crippen molar-refractivity contribution < 1.29 is 13.2 Å². The molecule has 0 bridgehead atoms. The lowest BCUT2D eigenvalue weighted by Crippen LogP contribution is -1.88. The van der Waals surface area contributed by atoms with E-state index in [1.807, 2.05) is 0 Å². The molecule has 0 aliphatic carbocycles. The maximum absolute atomic E-state index is 13.2. The van der Waals surface area contributed by atoms with Crippen molar-refractivity contribution >= 4 is 27.0 Å². The number of aromatic amines is 1. The van der Waals surface area contributed by atoms with Crippen LogP contribution in [0.1, 0.15) is 17.8 Å². The van der Waals surface area contributed by atoms with Gasteiger partial charge >= 0.3 is 0 Å². The van der Waals surface area contributed by atoms with Crippen LogP contribution >= 0.6 is 15.9 Å². The number of hydrogen-bond acceptors (Lipinski definition) is 1. The van der Waals surface area contributed by atoms with E-state index in [4.69, 9.17) is 0 Å². The third kappa shape index (κ3) is 1.73. The first-order chi connectivity index (χ1) is 7.13. The molecule has 1 N–H and O–H groups in total. The minimum atomic E-state index is -2.65. The van der Waals surface area contributed by atoms with Crippen LogP contribution in [0.2, 0.25) is 0 Å². The molecule has 15 heavy (non-hydrogen) atoms. The van der Waals surface area contributed by atoms with Gasteiger partial charge in [-0.3, -0.25) is 0 Å². The number of fused-ring (bicyclic) bond motifs is 1. The lowest BCUT2D eigenvalue weighted by atomic mass is 10.2. The molecule has 80 valence electrons. The minimum Gasteiger partial charge on any atom is -0.339 e. The van der Waals surface area contributed by atoms with E-state index in [9.17, 15) is 13.2 Å². The summed E-state index contributed by atoms with van der Waals surface area (Å²) in [4.78, 5) is 6.53. The third-order valence-corrected chi connectivity index (χ3v) is 2.57. The molecule has 1 aromatic heterocycles. The van der Waals surface area contributed by atoms with E-state index in [1.165, 1.54) is 0 Å². The lowest BCUT2D eigenvalue weighted by molar-refractivity contribution is 0.153. The number of alkyl halides is 3. The van der Waals surface area contributed by atoms with Gasteiger partial charge in [0.1, 0.15) is 22.7 Å². The SMILES string of the molecule is Fc1ccc(C(F)F)c2nc(CBr)[nH]c12. The third-order valence-electron chi connectivity index (χ3n) is 2.04. The maximum atomic E-state index is 13.2. The topological polar surface area (TPSA) is 28.7 Å². The Morgan fingerprint density at radius 2 is 2.13 bits per heavy atom. The molecule has 0 unspecified atom stereocenters. The number of imidazole rings is 1. The van der Waals surface area contributed by atoms with E-state index >= 15 is 0 Å². The highest BCUT2D eigenvalue weighted by molar-refractivity contribution is 9.08.